The molecular formula is C10H6FN2O2-. The summed E-state index contributed by atoms with van der Waals surface area (Å²) in [6.07, 6.45) is 0.928. The molecule has 0 bridgehead atoms. The van der Waals surface area contributed by atoms with Crippen molar-refractivity contribution in [1.29, 1.82) is 0 Å². The molecule has 0 radical (unpaired) electrons. The van der Waals surface area contributed by atoms with E-state index in [0.29, 0.717) is 5.69 Å². The highest BCUT2D eigenvalue weighted by atomic mass is 19.1. The molecule has 2 rings (SSSR count). The molecule has 0 amide bonds. The van der Waals surface area contributed by atoms with Gasteiger partial charge in [-0.2, -0.15) is 9.49 Å². The standard InChI is InChI=1S/C10H7FN2O2/c11-9-8(10(14)15)6-12-13(9)7-4-2-1-3-5-7/h1-6H,(H,14,15)/p-1. The van der Waals surface area contributed by atoms with E-state index in [4.69, 9.17) is 0 Å². The number of carboxylic acids is 1. The average Bonchev–Trinajstić information content (AvgIpc) is 2.61. The summed E-state index contributed by atoms with van der Waals surface area (Å²) in [4.78, 5) is 10.5. The van der Waals surface area contributed by atoms with Crippen molar-refractivity contribution < 1.29 is 14.3 Å². The Morgan fingerprint density at radius 1 is 1.33 bits per heavy atom. The molecule has 76 valence electrons. The summed E-state index contributed by atoms with van der Waals surface area (Å²) < 4.78 is 14.4. The first-order valence-electron chi connectivity index (χ1n) is 4.20. The SMILES string of the molecule is O=C([O-])c1cnn(-c2ccccc2)c1F. The van der Waals surface area contributed by atoms with Crippen molar-refractivity contribution >= 4 is 5.97 Å². The van der Waals surface area contributed by atoms with Gasteiger partial charge in [-0.15, -0.1) is 0 Å². The maximum Gasteiger partial charge on any atom is 0.225 e. The summed E-state index contributed by atoms with van der Waals surface area (Å²) in [5.41, 5.74) is -0.0821. The number of carbonyl (C=O) groups excluding carboxylic acids is 1. The second kappa shape index (κ2) is 3.53. The van der Waals surface area contributed by atoms with Crippen LogP contribution in [0.25, 0.3) is 5.69 Å². The minimum absolute atomic E-state index is 0.461. The third-order valence-corrected chi connectivity index (χ3v) is 1.93. The molecule has 0 aliphatic heterocycles. The van der Waals surface area contributed by atoms with E-state index in [-0.39, 0.29) is 0 Å². The number of carboxylic acid groups (broad SMARTS) is 1. The van der Waals surface area contributed by atoms with Crippen molar-refractivity contribution in [2.45, 2.75) is 0 Å². The van der Waals surface area contributed by atoms with Crippen molar-refractivity contribution in [2.75, 3.05) is 0 Å². The molecule has 0 fully saturated rings. The number of benzene rings is 1. The van der Waals surface area contributed by atoms with Crippen LogP contribution in [-0.2, 0) is 0 Å². The van der Waals surface area contributed by atoms with Gasteiger partial charge in [0.15, 0.2) is 0 Å². The summed E-state index contributed by atoms with van der Waals surface area (Å²) in [7, 11) is 0. The van der Waals surface area contributed by atoms with E-state index >= 15 is 0 Å². The third kappa shape index (κ3) is 1.59. The topological polar surface area (TPSA) is 57.9 Å². The van der Waals surface area contributed by atoms with Crippen molar-refractivity contribution in [3.8, 4) is 5.69 Å². The molecule has 1 heterocycles. The lowest BCUT2D eigenvalue weighted by Crippen LogP contribution is -2.23. The van der Waals surface area contributed by atoms with Crippen LogP contribution >= 0.6 is 0 Å². The van der Waals surface area contributed by atoms with Crippen LogP contribution in [0.15, 0.2) is 36.5 Å². The highest BCUT2D eigenvalue weighted by molar-refractivity contribution is 5.85. The number of nitrogens with zero attached hydrogens (tertiary/aromatic N) is 2. The number of rotatable bonds is 2. The molecule has 0 atom stereocenters. The minimum atomic E-state index is -1.57. The van der Waals surface area contributed by atoms with Gasteiger partial charge in [0.25, 0.3) is 0 Å². The smallest absolute Gasteiger partial charge is 0.225 e. The van der Waals surface area contributed by atoms with E-state index in [1.54, 1.807) is 30.3 Å². The lowest BCUT2D eigenvalue weighted by Gasteiger charge is -2.02. The Morgan fingerprint density at radius 2 is 2.00 bits per heavy atom. The van der Waals surface area contributed by atoms with Crippen molar-refractivity contribution in [3.63, 3.8) is 0 Å². The first-order valence-corrected chi connectivity index (χ1v) is 4.20. The van der Waals surface area contributed by atoms with Gasteiger partial charge in [0, 0.05) is 0 Å². The molecule has 5 heteroatoms. The largest absolute Gasteiger partial charge is 0.545 e. The number of carbonyl (C=O) groups is 1. The molecule has 0 saturated heterocycles. The van der Waals surface area contributed by atoms with Crippen LogP contribution in [0.3, 0.4) is 0 Å². The molecule has 1 aromatic carbocycles. The van der Waals surface area contributed by atoms with Crippen LogP contribution in [0.4, 0.5) is 4.39 Å². The maximum atomic E-state index is 13.4. The zero-order valence-electron chi connectivity index (χ0n) is 7.55. The van der Waals surface area contributed by atoms with Crippen molar-refractivity contribution in [3.05, 3.63) is 48.0 Å². The first kappa shape index (κ1) is 9.39. The number of halogens is 1. The van der Waals surface area contributed by atoms with Crippen LogP contribution in [0.2, 0.25) is 0 Å². The van der Waals surface area contributed by atoms with Gasteiger partial charge in [0.2, 0.25) is 5.95 Å². The van der Waals surface area contributed by atoms with Crippen LogP contribution < -0.4 is 5.11 Å². The van der Waals surface area contributed by atoms with Crippen LogP contribution in [0.1, 0.15) is 10.4 Å². The lowest BCUT2D eigenvalue weighted by molar-refractivity contribution is -0.255. The average molecular weight is 205 g/mol. The Balaban J connectivity index is 2.52. The predicted molar refractivity (Wildman–Crippen MR) is 47.9 cm³/mol. The molecular weight excluding hydrogens is 199 g/mol. The van der Waals surface area contributed by atoms with E-state index in [1.165, 1.54) is 0 Å². The zero-order valence-corrected chi connectivity index (χ0v) is 7.55. The number of aromatic carboxylic acids is 1. The van der Waals surface area contributed by atoms with Crippen LogP contribution in [0.5, 0.6) is 0 Å². The Kier molecular flexibility index (Phi) is 2.21. The normalized spacial score (nSPS) is 10.2. The number of hydrogen-bond donors (Lipinski definition) is 0. The van der Waals surface area contributed by atoms with Gasteiger partial charge in [0.05, 0.1) is 23.4 Å². The number of aromatic nitrogens is 2. The second-order valence-corrected chi connectivity index (χ2v) is 2.88. The molecule has 2 aromatic rings. The second-order valence-electron chi connectivity index (χ2n) is 2.88. The molecule has 15 heavy (non-hydrogen) atoms. The Morgan fingerprint density at radius 3 is 2.53 bits per heavy atom. The molecule has 0 unspecified atom stereocenters. The highest BCUT2D eigenvalue weighted by Crippen LogP contribution is 2.12. The fourth-order valence-electron chi connectivity index (χ4n) is 1.22. The van der Waals surface area contributed by atoms with Gasteiger partial charge < -0.3 is 9.90 Å². The number of hydrogen-bond acceptors (Lipinski definition) is 3. The summed E-state index contributed by atoms with van der Waals surface area (Å²) in [6, 6.07) is 8.42. The van der Waals surface area contributed by atoms with Crippen LogP contribution in [-0.4, -0.2) is 15.7 Å². The summed E-state index contributed by atoms with van der Waals surface area (Å²) in [6.45, 7) is 0. The van der Waals surface area contributed by atoms with Gasteiger partial charge in [-0.05, 0) is 12.1 Å². The van der Waals surface area contributed by atoms with Gasteiger partial charge in [0.1, 0.15) is 0 Å². The van der Waals surface area contributed by atoms with E-state index in [9.17, 15) is 14.3 Å². The van der Waals surface area contributed by atoms with Gasteiger partial charge in [-0.1, -0.05) is 18.2 Å². The van der Waals surface area contributed by atoms with Crippen molar-refractivity contribution in [1.82, 2.24) is 9.78 Å². The molecule has 0 saturated carbocycles. The molecule has 0 aliphatic rings. The van der Waals surface area contributed by atoms with Crippen LogP contribution in [0, 0.1) is 5.95 Å². The third-order valence-electron chi connectivity index (χ3n) is 1.93. The minimum Gasteiger partial charge on any atom is -0.545 e. The molecule has 0 aliphatic carbocycles. The van der Waals surface area contributed by atoms with E-state index in [1.807, 2.05) is 0 Å². The predicted octanol–water partition coefficient (Wildman–Crippen LogP) is 0.375. The molecule has 0 spiro atoms. The fraction of sp³-hybridized carbons (Fsp3) is 0. The van der Waals surface area contributed by atoms with Gasteiger partial charge in [-0.3, -0.25) is 0 Å². The monoisotopic (exact) mass is 205 g/mol. The molecule has 1 aromatic heterocycles. The van der Waals surface area contributed by atoms with Gasteiger partial charge in [-0.25, -0.2) is 4.68 Å². The Labute approximate surface area is 84.6 Å². The highest BCUT2D eigenvalue weighted by Gasteiger charge is 2.11. The summed E-state index contributed by atoms with van der Waals surface area (Å²) >= 11 is 0. The van der Waals surface area contributed by atoms with E-state index in [2.05, 4.69) is 5.10 Å². The van der Waals surface area contributed by atoms with Gasteiger partial charge >= 0.3 is 0 Å². The Hall–Kier alpha value is -2.17. The first-order chi connectivity index (χ1) is 7.20. The Bertz CT molecular complexity index is 493. The van der Waals surface area contributed by atoms with E-state index < -0.39 is 17.5 Å². The summed E-state index contributed by atoms with van der Waals surface area (Å²) in [5, 5.41) is 14.1. The maximum absolute atomic E-state index is 13.4. The molecule has 0 N–H and O–H groups in total. The number of para-hydroxylation sites is 1. The zero-order chi connectivity index (χ0) is 10.8. The molecule has 4 nitrogen and oxygen atoms in total. The lowest BCUT2D eigenvalue weighted by atomic mass is 10.3. The quantitative estimate of drug-likeness (QED) is 0.711. The fourth-order valence-corrected chi connectivity index (χ4v) is 1.22. The van der Waals surface area contributed by atoms with Crippen molar-refractivity contribution in [2.24, 2.45) is 0 Å². The summed E-state index contributed by atoms with van der Waals surface area (Å²) in [5.74, 6) is -2.50. The van der Waals surface area contributed by atoms with E-state index in [0.717, 1.165) is 10.9 Å².